The van der Waals surface area contributed by atoms with Crippen LogP contribution in [0.15, 0.2) is 24.3 Å². The molecule has 1 aliphatic rings. The molecule has 182 valence electrons. The molecule has 1 aromatic carbocycles. The Morgan fingerprint density at radius 3 is 2.36 bits per heavy atom. The lowest BCUT2D eigenvalue weighted by Gasteiger charge is -2.26. The lowest BCUT2D eigenvalue weighted by Crippen LogP contribution is -2.53. The summed E-state index contributed by atoms with van der Waals surface area (Å²) in [5.41, 5.74) is 0.578. The predicted molar refractivity (Wildman–Crippen MR) is 126 cm³/mol. The Labute approximate surface area is 198 Å². The van der Waals surface area contributed by atoms with Crippen molar-refractivity contribution in [2.75, 3.05) is 38.1 Å². The number of carbonyl (C=O) groups is 4. The number of methoxy groups -OCH3 is 2. The Kier molecular flexibility index (Phi) is 9.83. The lowest BCUT2D eigenvalue weighted by molar-refractivity contribution is -0.147. The van der Waals surface area contributed by atoms with Gasteiger partial charge in [0.1, 0.15) is 17.8 Å². The number of ether oxygens (including phenoxy) is 2. The second-order valence-electron chi connectivity index (χ2n) is 8.01. The summed E-state index contributed by atoms with van der Waals surface area (Å²) < 4.78 is 9.88. The largest absolute Gasteiger partial charge is 0.497 e. The molecule has 10 nitrogen and oxygen atoms in total. The van der Waals surface area contributed by atoms with Crippen LogP contribution < -0.4 is 20.7 Å². The molecule has 1 saturated heterocycles. The summed E-state index contributed by atoms with van der Waals surface area (Å²) in [6.45, 7) is 3.78. The second-order valence-corrected chi connectivity index (χ2v) is 8.87. The van der Waals surface area contributed by atoms with E-state index in [0.717, 1.165) is 0 Å². The van der Waals surface area contributed by atoms with Gasteiger partial charge in [-0.2, -0.15) is 11.8 Å². The van der Waals surface area contributed by atoms with Crippen molar-refractivity contribution in [1.29, 1.82) is 0 Å². The number of urea groups is 1. The molecule has 1 aromatic rings. The average molecular weight is 481 g/mol. The number of amides is 4. The molecule has 33 heavy (non-hydrogen) atoms. The van der Waals surface area contributed by atoms with E-state index in [-0.39, 0.29) is 30.5 Å². The van der Waals surface area contributed by atoms with Crippen molar-refractivity contribution in [3.05, 3.63) is 24.3 Å². The molecule has 4 amide bonds. The van der Waals surface area contributed by atoms with Crippen LogP contribution in [0.1, 0.15) is 20.3 Å². The smallest absolute Gasteiger partial charge is 0.328 e. The summed E-state index contributed by atoms with van der Waals surface area (Å²) in [5.74, 6) is -0.524. The zero-order valence-electron chi connectivity index (χ0n) is 19.5. The fraction of sp³-hybridized carbons (Fsp3) is 0.545. The molecular weight excluding hydrogens is 448 g/mol. The molecule has 0 aliphatic carbocycles. The number of nitrogens with zero attached hydrogens (tertiary/aromatic N) is 1. The maximum absolute atomic E-state index is 13.0. The minimum Gasteiger partial charge on any atom is -0.497 e. The molecule has 3 atom stereocenters. The van der Waals surface area contributed by atoms with Crippen molar-refractivity contribution in [2.24, 2.45) is 5.92 Å². The third-order valence-electron chi connectivity index (χ3n) is 5.29. The zero-order valence-corrected chi connectivity index (χ0v) is 20.4. The molecule has 0 saturated carbocycles. The van der Waals surface area contributed by atoms with Crippen molar-refractivity contribution in [2.45, 2.75) is 38.4 Å². The van der Waals surface area contributed by atoms with Crippen LogP contribution in [0.4, 0.5) is 10.5 Å². The fourth-order valence-corrected chi connectivity index (χ4v) is 3.98. The van der Waals surface area contributed by atoms with Crippen molar-refractivity contribution in [1.82, 2.24) is 15.5 Å². The third kappa shape index (κ3) is 7.28. The van der Waals surface area contributed by atoms with Gasteiger partial charge in [-0.1, -0.05) is 13.8 Å². The molecule has 1 heterocycles. The topological polar surface area (TPSA) is 126 Å². The van der Waals surface area contributed by atoms with Gasteiger partial charge in [-0.3, -0.25) is 9.59 Å². The second kappa shape index (κ2) is 12.3. The Morgan fingerprint density at radius 1 is 1.15 bits per heavy atom. The van der Waals surface area contributed by atoms with Crippen molar-refractivity contribution >= 4 is 41.3 Å². The van der Waals surface area contributed by atoms with E-state index in [1.165, 1.54) is 23.8 Å². The van der Waals surface area contributed by atoms with Crippen LogP contribution >= 0.6 is 11.8 Å². The van der Waals surface area contributed by atoms with Gasteiger partial charge in [-0.25, -0.2) is 9.59 Å². The molecule has 1 aliphatic heterocycles. The summed E-state index contributed by atoms with van der Waals surface area (Å²) >= 11 is 1.35. The van der Waals surface area contributed by atoms with Gasteiger partial charge in [-0.05, 0) is 42.9 Å². The quantitative estimate of drug-likeness (QED) is 0.457. The predicted octanol–water partition coefficient (Wildman–Crippen LogP) is 1.46. The lowest BCUT2D eigenvalue weighted by atomic mass is 10.0. The molecule has 0 radical (unpaired) electrons. The zero-order chi connectivity index (χ0) is 24.5. The van der Waals surface area contributed by atoms with Crippen LogP contribution in [-0.2, 0) is 19.1 Å². The number of likely N-dealkylation sites (tertiary alicyclic amines) is 1. The van der Waals surface area contributed by atoms with Gasteiger partial charge in [-0.15, -0.1) is 0 Å². The van der Waals surface area contributed by atoms with E-state index in [9.17, 15) is 19.2 Å². The molecule has 0 aromatic heterocycles. The first-order valence-electron chi connectivity index (χ1n) is 10.6. The van der Waals surface area contributed by atoms with Crippen LogP contribution in [0.2, 0.25) is 0 Å². The average Bonchev–Trinajstić information content (AvgIpc) is 3.21. The standard InChI is InChI=1S/C22H32N4O6S/c1-13(2)19(21(29)32-4)25-20(28)17-10-15(11-26(17)18(27)12-33-5)24-22(30)23-14-6-8-16(31-3)9-7-14/h6-9,13,15,17,19H,10-12H2,1-5H3,(H,25,28)(H2,23,24,30)/t15-,17-,19+/m0/s1. The van der Waals surface area contributed by atoms with E-state index >= 15 is 0 Å². The number of hydrogen-bond acceptors (Lipinski definition) is 7. The van der Waals surface area contributed by atoms with E-state index in [2.05, 4.69) is 16.0 Å². The normalized spacial score (nSPS) is 18.4. The van der Waals surface area contributed by atoms with Crippen LogP contribution in [0, 0.1) is 5.92 Å². The number of nitrogens with one attached hydrogen (secondary N) is 3. The minimum absolute atomic E-state index is 0.192. The van der Waals surface area contributed by atoms with Gasteiger partial charge < -0.3 is 30.3 Å². The maximum Gasteiger partial charge on any atom is 0.328 e. The van der Waals surface area contributed by atoms with Crippen molar-refractivity contribution in [3.8, 4) is 5.75 Å². The summed E-state index contributed by atoms with van der Waals surface area (Å²) in [6.07, 6.45) is 2.03. The SMILES string of the molecule is COC(=O)[C@H](NC(=O)[C@@H]1C[C@H](NC(=O)Nc2ccc(OC)cc2)CN1C(=O)CSC)C(C)C. The van der Waals surface area contributed by atoms with Crippen molar-refractivity contribution in [3.63, 3.8) is 0 Å². The molecular formula is C22H32N4O6S. The highest BCUT2D eigenvalue weighted by molar-refractivity contribution is 7.99. The first-order chi connectivity index (χ1) is 15.7. The number of rotatable bonds is 9. The number of anilines is 1. The number of benzene rings is 1. The van der Waals surface area contributed by atoms with E-state index < -0.39 is 36.0 Å². The van der Waals surface area contributed by atoms with Gasteiger partial charge in [0.15, 0.2) is 0 Å². The highest BCUT2D eigenvalue weighted by atomic mass is 32.2. The minimum atomic E-state index is -0.828. The van der Waals surface area contributed by atoms with Gasteiger partial charge in [0.2, 0.25) is 11.8 Å². The monoisotopic (exact) mass is 480 g/mol. The van der Waals surface area contributed by atoms with Gasteiger partial charge in [0.25, 0.3) is 0 Å². The summed E-state index contributed by atoms with van der Waals surface area (Å²) in [6, 6.07) is 4.35. The van der Waals surface area contributed by atoms with Gasteiger partial charge >= 0.3 is 12.0 Å². The van der Waals surface area contributed by atoms with Crippen LogP contribution in [0.3, 0.4) is 0 Å². The highest BCUT2D eigenvalue weighted by Gasteiger charge is 2.41. The van der Waals surface area contributed by atoms with Crippen molar-refractivity contribution < 1.29 is 28.7 Å². The fourth-order valence-electron chi connectivity index (χ4n) is 3.57. The first-order valence-corrected chi connectivity index (χ1v) is 12.0. The number of hydrogen-bond donors (Lipinski definition) is 3. The summed E-state index contributed by atoms with van der Waals surface area (Å²) in [5, 5.41) is 8.26. The molecule has 3 N–H and O–H groups in total. The Bertz CT molecular complexity index is 848. The van der Waals surface area contributed by atoms with E-state index in [1.807, 2.05) is 0 Å². The number of carbonyl (C=O) groups excluding carboxylic acids is 4. The molecule has 11 heteroatoms. The van der Waals surface area contributed by atoms with Gasteiger partial charge in [0, 0.05) is 12.2 Å². The summed E-state index contributed by atoms with van der Waals surface area (Å²) in [4.78, 5) is 51.7. The van der Waals surface area contributed by atoms with Crippen LogP contribution in [-0.4, -0.2) is 79.6 Å². The molecule has 2 rings (SSSR count). The Balaban J connectivity index is 2.07. The van der Waals surface area contributed by atoms with Gasteiger partial charge in [0.05, 0.1) is 26.0 Å². The molecule has 0 bridgehead atoms. The Morgan fingerprint density at radius 2 is 1.82 bits per heavy atom. The van der Waals surface area contributed by atoms with Crippen LogP contribution in [0.25, 0.3) is 0 Å². The van der Waals surface area contributed by atoms with E-state index in [1.54, 1.807) is 51.5 Å². The number of esters is 1. The van der Waals surface area contributed by atoms with E-state index in [0.29, 0.717) is 11.4 Å². The highest BCUT2D eigenvalue weighted by Crippen LogP contribution is 2.21. The molecule has 1 fully saturated rings. The molecule has 0 spiro atoms. The van der Waals surface area contributed by atoms with Crippen LogP contribution in [0.5, 0.6) is 5.75 Å². The molecule has 0 unspecified atom stereocenters. The summed E-state index contributed by atoms with van der Waals surface area (Å²) in [7, 11) is 2.82. The maximum atomic E-state index is 13.0. The first kappa shape index (κ1) is 26.3. The van der Waals surface area contributed by atoms with E-state index in [4.69, 9.17) is 9.47 Å². The third-order valence-corrected chi connectivity index (χ3v) is 5.83. The number of thioether (sulfide) groups is 1. The Hall–Kier alpha value is -2.95.